The van der Waals surface area contributed by atoms with Crippen LogP contribution in [0.5, 0.6) is 0 Å². The van der Waals surface area contributed by atoms with Crippen LogP contribution in [-0.2, 0) is 22.4 Å². The maximum Gasteiger partial charge on any atom is 0.311 e. The molecule has 0 spiro atoms. The van der Waals surface area contributed by atoms with Gasteiger partial charge in [-0.25, -0.2) is 4.98 Å². The average Bonchev–Trinajstić information content (AvgIpc) is 2.99. The Balaban J connectivity index is 1.78. The number of aromatic nitrogens is 1. The fraction of sp³-hybridized carbons (Fsp3) is 0.333. The number of thiazole rings is 1. The predicted octanol–water partition coefficient (Wildman–Crippen LogP) is 3.23. The summed E-state index contributed by atoms with van der Waals surface area (Å²) in [5, 5.41) is 5.92. The summed E-state index contributed by atoms with van der Waals surface area (Å²) in [4.78, 5) is 16.7. The van der Waals surface area contributed by atoms with E-state index in [0.29, 0.717) is 0 Å². The highest BCUT2D eigenvalue weighted by atomic mass is 35.5. The van der Waals surface area contributed by atoms with Crippen molar-refractivity contribution in [2.45, 2.75) is 12.8 Å². The summed E-state index contributed by atoms with van der Waals surface area (Å²) in [5.74, 6) is -0.273. The van der Waals surface area contributed by atoms with E-state index < -0.39 is 0 Å². The minimum Gasteiger partial charge on any atom is -0.469 e. The summed E-state index contributed by atoms with van der Waals surface area (Å²) in [6.45, 7) is 0.794. The summed E-state index contributed by atoms with van der Waals surface area (Å²) in [6, 6.07) is 3.93. The van der Waals surface area contributed by atoms with Crippen molar-refractivity contribution < 1.29 is 9.53 Å². The molecule has 0 aliphatic carbocycles. The first kappa shape index (κ1) is 14.3. The van der Waals surface area contributed by atoms with Crippen LogP contribution < -0.4 is 5.32 Å². The molecule has 0 saturated heterocycles. The number of nitrogens with one attached hydrogen (secondary N) is 1. The Morgan fingerprint density at radius 2 is 2.37 bits per heavy atom. The second-order valence-corrected chi connectivity index (χ2v) is 6.44. The Hall–Kier alpha value is -1.11. The second-order valence-electron chi connectivity index (χ2n) is 3.78. The van der Waals surface area contributed by atoms with E-state index in [1.165, 1.54) is 23.3 Å². The molecule has 2 aromatic heterocycles. The number of hydrogen-bond donors (Lipinski definition) is 1. The molecule has 1 N–H and O–H groups in total. The fourth-order valence-corrected chi connectivity index (χ4v) is 3.29. The van der Waals surface area contributed by atoms with Gasteiger partial charge in [-0.05, 0) is 18.6 Å². The summed E-state index contributed by atoms with van der Waals surface area (Å²) in [5.41, 5.74) is 0.735. The van der Waals surface area contributed by atoms with Crippen LogP contribution in [-0.4, -0.2) is 24.6 Å². The van der Waals surface area contributed by atoms with Crippen LogP contribution in [0, 0.1) is 0 Å². The van der Waals surface area contributed by atoms with E-state index in [9.17, 15) is 4.79 Å². The van der Waals surface area contributed by atoms with Crippen molar-refractivity contribution in [1.29, 1.82) is 0 Å². The summed E-state index contributed by atoms with van der Waals surface area (Å²) in [6.07, 6.45) is 1.12. The van der Waals surface area contributed by atoms with Gasteiger partial charge in [-0.15, -0.1) is 22.7 Å². The molecule has 0 radical (unpaired) electrons. The van der Waals surface area contributed by atoms with Gasteiger partial charge in [-0.2, -0.15) is 0 Å². The van der Waals surface area contributed by atoms with E-state index in [4.69, 9.17) is 11.6 Å². The summed E-state index contributed by atoms with van der Waals surface area (Å²) in [7, 11) is 1.38. The third-order valence-corrected chi connectivity index (χ3v) is 4.52. The maximum atomic E-state index is 11.1. The number of thiophene rings is 1. The monoisotopic (exact) mass is 316 g/mol. The zero-order valence-electron chi connectivity index (χ0n) is 10.3. The Bertz CT molecular complexity index is 553. The molecule has 0 saturated carbocycles. The topological polar surface area (TPSA) is 51.2 Å². The van der Waals surface area contributed by atoms with Crippen molar-refractivity contribution in [1.82, 2.24) is 4.98 Å². The van der Waals surface area contributed by atoms with Gasteiger partial charge in [0.05, 0.1) is 23.6 Å². The van der Waals surface area contributed by atoms with Crippen LogP contribution in [0.2, 0.25) is 4.34 Å². The molecule has 102 valence electrons. The zero-order valence-corrected chi connectivity index (χ0v) is 12.7. The van der Waals surface area contributed by atoms with Crippen LogP contribution in [0.25, 0.3) is 0 Å². The van der Waals surface area contributed by atoms with E-state index in [0.717, 1.165) is 28.1 Å². The molecule has 2 aromatic rings. The Kier molecular flexibility index (Phi) is 5.18. The van der Waals surface area contributed by atoms with Gasteiger partial charge in [0.15, 0.2) is 5.13 Å². The first-order valence-corrected chi connectivity index (χ1v) is 7.74. The van der Waals surface area contributed by atoms with Crippen molar-refractivity contribution in [2.75, 3.05) is 19.0 Å². The van der Waals surface area contributed by atoms with Gasteiger partial charge in [0.2, 0.25) is 0 Å². The number of carbonyl (C=O) groups is 1. The quantitative estimate of drug-likeness (QED) is 0.831. The normalized spacial score (nSPS) is 10.4. The van der Waals surface area contributed by atoms with E-state index in [-0.39, 0.29) is 12.4 Å². The van der Waals surface area contributed by atoms with Gasteiger partial charge in [-0.1, -0.05) is 11.6 Å². The number of rotatable bonds is 6. The molecular weight excluding hydrogens is 304 g/mol. The fourth-order valence-electron chi connectivity index (χ4n) is 1.47. The SMILES string of the molecule is COC(=O)Cc1csc(NCCc2ccc(Cl)s2)n1. The molecule has 0 fully saturated rings. The minimum absolute atomic E-state index is 0.217. The highest BCUT2D eigenvalue weighted by Crippen LogP contribution is 2.22. The Morgan fingerprint density at radius 3 is 3.05 bits per heavy atom. The van der Waals surface area contributed by atoms with Gasteiger partial charge in [0, 0.05) is 16.8 Å². The minimum atomic E-state index is -0.273. The van der Waals surface area contributed by atoms with Crippen LogP contribution in [0.3, 0.4) is 0 Å². The van der Waals surface area contributed by atoms with Crippen molar-refractivity contribution in [3.63, 3.8) is 0 Å². The number of carbonyl (C=O) groups excluding carboxylic acids is 1. The van der Waals surface area contributed by atoms with Crippen molar-refractivity contribution in [3.05, 3.63) is 32.4 Å². The third kappa shape index (κ3) is 4.49. The van der Waals surface area contributed by atoms with E-state index >= 15 is 0 Å². The molecule has 2 heterocycles. The largest absolute Gasteiger partial charge is 0.469 e. The van der Waals surface area contributed by atoms with Crippen LogP contribution in [0.1, 0.15) is 10.6 Å². The lowest BCUT2D eigenvalue weighted by Crippen LogP contribution is -2.06. The van der Waals surface area contributed by atoms with Gasteiger partial charge in [-0.3, -0.25) is 4.79 Å². The number of methoxy groups -OCH3 is 1. The van der Waals surface area contributed by atoms with Crippen LogP contribution in [0.4, 0.5) is 5.13 Å². The number of halogens is 1. The molecule has 0 atom stereocenters. The lowest BCUT2D eigenvalue weighted by atomic mass is 10.3. The molecule has 2 rings (SSSR count). The molecule has 4 nitrogen and oxygen atoms in total. The summed E-state index contributed by atoms with van der Waals surface area (Å²) < 4.78 is 5.41. The highest BCUT2D eigenvalue weighted by Gasteiger charge is 2.07. The standard InChI is InChI=1S/C12H13ClN2O2S2/c1-17-11(16)6-8-7-18-12(15-8)14-5-4-9-2-3-10(13)19-9/h2-3,7H,4-6H2,1H3,(H,14,15). The molecule has 0 aromatic carbocycles. The lowest BCUT2D eigenvalue weighted by Gasteiger charge is -2.00. The summed E-state index contributed by atoms with van der Waals surface area (Å²) >= 11 is 8.94. The van der Waals surface area contributed by atoms with Crippen molar-refractivity contribution in [2.24, 2.45) is 0 Å². The number of ether oxygens (including phenoxy) is 1. The van der Waals surface area contributed by atoms with Crippen LogP contribution in [0.15, 0.2) is 17.5 Å². The zero-order chi connectivity index (χ0) is 13.7. The Morgan fingerprint density at radius 1 is 1.53 bits per heavy atom. The first-order chi connectivity index (χ1) is 9.17. The van der Waals surface area contributed by atoms with E-state index in [1.807, 2.05) is 17.5 Å². The molecule has 7 heteroatoms. The smallest absolute Gasteiger partial charge is 0.311 e. The van der Waals surface area contributed by atoms with Gasteiger partial charge in [0.1, 0.15) is 0 Å². The van der Waals surface area contributed by atoms with Crippen molar-refractivity contribution >= 4 is 45.4 Å². The highest BCUT2D eigenvalue weighted by molar-refractivity contribution is 7.16. The molecule has 0 aliphatic heterocycles. The lowest BCUT2D eigenvalue weighted by molar-refractivity contribution is -0.139. The molecule has 0 amide bonds. The average molecular weight is 317 g/mol. The van der Waals surface area contributed by atoms with Gasteiger partial charge >= 0.3 is 5.97 Å². The number of nitrogens with zero attached hydrogens (tertiary/aromatic N) is 1. The maximum absolute atomic E-state index is 11.1. The molecule has 19 heavy (non-hydrogen) atoms. The van der Waals surface area contributed by atoms with Gasteiger partial charge < -0.3 is 10.1 Å². The predicted molar refractivity (Wildman–Crippen MR) is 79.4 cm³/mol. The first-order valence-electron chi connectivity index (χ1n) is 5.66. The molecular formula is C12H13ClN2O2S2. The second kappa shape index (κ2) is 6.88. The molecule has 0 unspecified atom stereocenters. The third-order valence-electron chi connectivity index (χ3n) is 2.38. The number of hydrogen-bond acceptors (Lipinski definition) is 6. The number of esters is 1. The molecule has 0 aliphatic rings. The Labute approximate surface area is 124 Å². The van der Waals surface area contributed by atoms with Crippen molar-refractivity contribution in [3.8, 4) is 0 Å². The van der Waals surface area contributed by atoms with E-state index in [1.54, 1.807) is 11.3 Å². The van der Waals surface area contributed by atoms with Crippen LogP contribution >= 0.6 is 34.3 Å². The van der Waals surface area contributed by atoms with Gasteiger partial charge in [0.25, 0.3) is 0 Å². The molecule has 0 bridgehead atoms. The number of anilines is 1. The van der Waals surface area contributed by atoms with E-state index in [2.05, 4.69) is 15.0 Å².